The fourth-order valence-corrected chi connectivity index (χ4v) is 2.26. The molecule has 1 aromatic carbocycles. The fraction of sp³-hybridized carbons (Fsp3) is 0.467. The Morgan fingerprint density at radius 3 is 2.89 bits per heavy atom. The van der Waals surface area contributed by atoms with E-state index >= 15 is 0 Å². The van der Waals surface area contributed by atoms with Crippen molar-refractivity contribution in [3.8, 4) is 0 Å². The average Bonchev–Trinajstić information content (AvgIpc) is 2.77. The van der Waals surface area contributed by atoms with Gasteiger partial charge >= 0.3 is 0 Å². The number of hydrogen-bond acceptors (Lipinski definition) is 2. The predicted octanol–water partition coefficient (Wildman–Crippen LogP) is 2.52. The van der Waals surface area contributed by atoms with Gasteiger partial charge in [-0.1, -0.05) is 25.1 Å². The van der Waals surface area contributed by atoms with E-state index in [0.29, 0.717) is 0 Å². The van der Waals surface area contributed by atoms with E-state index < -0.39 is 0 Å². The molecule has 2 rings (SSSR count). The number of aliphatic hydroxyl groups is 1. The average molecular weight is 246 g/mol. The number of hydrogen-bond donors (Lipinski definition) is 2. The maximum atomic E-state index is 9.41. The van der Waals surface area contributed by atoms with Crippen LogP contribution < -0.4 is 5.32 Å². The molecule has 1 atom stereocenters. The smallest absolute Gasteiger partial charge is 0.0529 e. The van der Waals surface area contributed by atoms with E-state index in [2.05, 4.69) is 47.3 Å². The third kappa shape index (κ3) is 2.92. The lowest BCUT2D eigenvalue weighted by molar-refractivity contribution is 0.178. The van der Waals surface area contributed by atoms with Gasteiger partial charge in [0.05, 0.1) is 11.6 Å². The molecule has 0 saturated carbocycles. The standard InChI is InChI=1S/C15H22N2O/c1-3-16-11-14-6-4-5-13-8-10-17(15(13)14)9-7-12(2)18/h4-6,8,10,12,16,18H,3,7,9,11H2,1-2H3. The molecule has 1 aromatic heterocycles. The summed E-state index contributed by atoms with van der Waals surface area (Å²) >= 11 is 0. The summed E-state index contributed by atoms with van der Waals surface area (Å²) in [5.74, 6) is 0. The summed E-state index contributed by atoms with van der Waals surface area (Å²) in [6.45, 7) is 6.69. The second-order valence-corrected chi connectivity index (χ2v) is 4.78. The van der Waals surface area contributed by atoms with Gasteiger partial charge in [-0.15, -0.1) is 0 Å². The summed E-state index contributed by atoms with van der Waals surface area (Å²) in [6, 6.07) is 8.56. The van der Waals surface area contributed by atoms with Gasteiger partial charge in [0.1, 0.15) is 0 Å². The van der Waals surface area contributed by atoms with Gasteiger partial charge < -0.3 is 15.0 Å². The quantitative estimate of drug-likeness (QED) is 0.822. The lowest BCUT2D eigenvalue weighted by Crippen LogP contribution is -2.13. The van der Waals surface area contributed by atoms with Crippen molar-refractivity contribution >= 4 is 10.9 Å². The van der Waals surface area contributed by atoms with Crippen LogP contribution in [0.3, 0.4) is 0 Å². The molecule has 0 aliphatic rings. The van der Waals surface area contributed by atoms with Crippen LogP contribution in [-0.2, 0) is 13.1 Å². The molecule has 3 heteroatoms. The van der Waals surface area contributed by atoms with Crippen LogP contribution in [0, 0.1) is 0 Å². The van der Waals surface area contributed by atoms with Gasteiger partial charge in [0.2, 0.25) is 0 Å². The summed E-state index contributed by atoms with van der Waals surface area (Å²) in [6.07, 6.45) is 2.66. The summed E-state index contributed by atoms with van der Waals surface area (Å²) in [7, 11) is 0. The zero-order chi connectivity index (χ0) is 13.0. The minimum Gasteiger partial charge on any atom is -0.393 e. The van der Waals surface area contributed by atoms with E-state index in [1.54, 1.807) is 0 Å². The third-order valence-corrected chi connectivity index (χ3v) is 3.23. The molecule has 1 unspecified atom stereocenters. The van der Waals surface area contributed by atoms with Crippen LogP contribution in [0.2, 0.25) is 0 Å². The van der Waals surface area contributed by atoms with Gasteiger partial charge in [-0.3, -0.25) is 0 Å². The molecule has 0 aliphatic carbocycles. The molecule has 3 nitrogen and oxygen atoms in total. The molecule has 1 heterocycles. The summed E-state index contributed by atoms with van der Waals surface area (Å²) in [5, 5.41) is 14.1. The van der Waals surface area contributed by atoms with Gasteiger partial charge in [0.25, 0.3) is 0 Å². The van der Waals surface area contributed by atoms with Crippen molar-refractivity contribution in [1.82, 2.24) is 9.88 Å². The van der Waals surface area contributed by atoms with Gasteiger partial charge in [-0.2, -0.15) is 0 Å². The molecule has 0 radical (unpaired) electrons. The molecule has 0 saturated heterocycles. The molecule has 0 bridgehead atoms. The number of fused-ring (bicyclic) bond motifs is 1. The Morgan fingerprint density at radius 2 is 2.17 bits per heavy atom. The predicted molar refractivity (Wildman–Crippen MR) is 75.6 cm³/mol. The van der Waals surface area contributed by atoms with Crippen LogP contribution in [0.25, 0.3) is 10.9 Å². The Kier molecular flexibility index (Phi) is 4.39. The Bertz CT molecular complexity index is 502. The zero-order valence-corrected chi connectivity index (χ0v) is 11.2. The molecule has 18 heavy (non-hydrogen) atoms. The Hall–Kier alpha value is -1.32. The molecular weight excluding hydrogens is 224 g/mol. The van der Waals surface area contributed by atoms with E-state index in [0.717, 1.165) is 26.1 Å². The second-order valence-electron chi connectivity index (χ2n) is 4.78. The van der Waals surface area contributed by atoms with Crippen molar-refractivity contribution in [2.24, 2.45) is 0 Å². The van der Waals surface area contributed by atoms with Crippen LogP contribution in [0.15, 0.2) is 30.5 Å². The highest BCUT2D eigenvalue weighted by molar-refractivity contribution is 5.83. The van der Waals surface area contributed by atoms with E-state index in [1.807, 2.05) is 6.92 Å². The summed E-state index contributed by atoms with van der Waals surface area (Å²) in [5.41, 5.74) is 2.61. The molecule has 2 aromatic rings. The van der Waals surface area contributed by atoms with E-state index in [1.165, 1.54) is 16.5 Å². The monoisotopic (exact) mass is 246 g/mol. The molecule has 0 spiro atoms. The van der Waals surface area contributed by atoms with Gasteiger partial charge in [0.15, 0.2) is 0 Å². The SMILES string of the molecule is CCNCc1cccc2ccn(CCC(C)O)c12. The number of para-hydroxylation sites is 1. The Balaban J connectivity index is 2.29. The van der Waals surface area contributed by atoms with Crippen molar-refractivity contribution in [1.29, 1.82) is 0 Å². The van der Waals surface area contributed by atoms with Gasteiger partial charge in [-0.05, 0) is 36.9 Å². The van der Waals surface area contributed by atoms with Crippen LogP contribution in [-0.4, -0.2) is 22.3 Å². The second kappa shape index (κ2) is 6.03. The third-order valence-electron chi connectivity index (χ3n) is 3.23. The van der Waals surface area contributed by atoms with Crippen LogP contribution >= 0.6 is 0 Å². The van der Waals surface area contributed by atoms with E-state index in [4.69, 9.17) is 0 Å². The lowest BCUT2D eigenvalue weighted by Gasteiger charge is -2.11. The molecule has 0 aliphatic heterocycles. The Labute approximate surface area is 108 Å². The first kappa shape index (κ1) is 13.1. The van der Waals surface area contributed by atoms with Gasteiger partial charge in [-0.25, -0.2) is 0 Å². The normalized spacial score (nSPS) is 13.1. The topological polar surface area (TPSA) is 37.2 Å². The number of nitrogens with one attached hydrogen (secondary N) is 1. The fourth-order valence-electron chi connectivity index (χ4n) is 2.26. The maximum absolute atomic E-state index is 9.41. The van der Waals surface area contributed by atoms with Crippen molar-refractivity contribution < 1.29 is 5.11 Å². The highest BCUT2D eigenvalue weighted by Crippen LogP contribution is 2.21. The van der Waals surface area contributed by atoms with Gasteiger partial charge in [0, 0.05) is 19.3 Å². The maximum Gasteiger partial charge on any atom is 0.0529 e. The Morgan fingerprint density at radius 1 is 1.33 bits per heavy atom. The molecule has 0 fully saturated rings. The number of benzene rings is 1. The largest absolute Gasteiger partial charge is 0.393 e. The summed E-state index contributed by atoms with van der Waals surface area (Å²) < 4.78 is 2.24. The van der Waals surface area contributed by atoms with Crippen molar-refractivity contribution in [3.63, 3.8) is 0 Å². The number of aryl methyl sites for hydroxylation is 1. The summed E-state index contributed by atoms with van der Waals surface area (Å²) in [4.78, 5) is 0. The molecular formula is C15H22N2O. The number of aliphatic hydroxyl groups excluding tert-OH is 1. The number of nitrogens with zero attached hydrogens (tertiary/aromatic N) is 1. The first-order valence-corrected chi connectivity index (χ1v) is 6.68. The highest BCUT2D eigenvalue weighted by Gasteiger charge is 2.06. The lowest BCUT2D eigenvalue weighted by atomic mass is 10.1. The van der Waals surface area contributed by atoms with Crippen LogP contribution in [0.4, 0.5) is 0 Å². The van der Waals surface area contributed by atoms with Crippen LogP contribution in [0.1, 0.15) is 25.8 Å². The molecule has 98 valence electrons. The first-order chi connectivity index (χ1) is 8.72. The molecule has 2 N–H and O–H groups in total. The first-order valence-electron chi connectivity index (χ1n) is 6.68. The molecule has 0 amide bonds. The minimum atomic E-state index is -0.247. The number of rotatable bonds is 6. The highest BCUT2D eigenvalue weighted by atomic mass is 16.3. The number of aromatic nitrogens is 1. The minimum absolute atomic E-state index is 0.247. The van der Waals surface area contributed by atoms with E-state index in [9.17, 15) is 5.11 Å². The van der Waals surface area contributed by atoms with Crippen LogP contribution in [0.5, 0.6) is 0 Å². The van der Waals surface area contributed by atoms with Crippen molar-refractivity contribution in [2.45, 2.75) is 39.5 Å². The van der Waals surface area contributed by atoms with E-state index in [-0.39, 0.29) is 6.10 Å². The van der Waals surface area contributed by atoms with Crippen molar-refractivity contribution in [3.05, 3.63) is 36.0 Å². The zero-order valence-electron chi connectivity index (χ0n) is 11.2. The van der Waals surface area contributed by atoms with Crippen molar-refractivity contribution in [2.75, 3.05) is 6.54 Å².